The Labute approximate surface area is 221 Å². The van der Waals surface area contributed by atoms with E-state index in [1.807, 2.05) is 35.7 Å². The predicted molar refractivity (Wildman–Crippen MR) is 140 cm³/mol. The summed E-state index contributed by atoms with van der Waals surface area (Å²) in [4.78, 5) is 24.6. The maximum absolute atomic E-state index is 14.2. The topological polar surface area (TPSA) is 108 Å². The molecule has 1 amide bonds. The molecule has 198 valence electrons. The molecule has 1 aliphatic carbocycles. The van der Waals surface area contributed by atoms with Crippen LogP contribution in [0.4, 0.5) is 10.3 Å². The molecule has 1 aromatic carbocycles. The molecule has 1 spiro atoms. The minimum Gasteiger partial charge on any atom is -0.491 e. The van der Waals surface area contributed by atoms with Gasteiger partial charge in [-0.1, -0.05) is 6.07 Å². The van der Waals surface area contributed by atoms with E-state index in [4.69, 9.17) is 10.00 Å². The predicted octanol–water partition coefficient (Wildman–Crippen LogP) is 3.77. The Kier molecular flexibility index (Phi) is 7.04. The molecule has 10 heteroatoms. The van der Waals surface area contributed by atoms with Crippen LogP contribution in [0.3, 0.4) is 0 Å². The third-order valence-electron chi connectivity index (χ3n) is 7.48. The summed E-state index contributed by atoms with van der Waals surface area (Å²) >= 11 is 0. The molecule has 2 N–H and O–H groups in total. The number of rotatable bonds is 10. The molecule has 2 aliphatic rings. The number of aromatic nitrogens is 3. The number of carbonyl (C=O) groups is 1. The van der Waals surface area contributed by atoms with Crippen molar-refractivity contribution in [3.8, 4) is 11.8 Å². The van der Waals surface area contributed by atoms with E-state index in [1.165, 1.54) is 0 Å². The lowest BCUT2D eigenvalue weighted by Crippen LogP contribution is -2.45. The molecule has 1 atom stereocenters. The van der Waals surface area contributed by atoms with Crippen LogP contribution in [0.25, 0.3) is 0 Å². The fourth-order valence-corrected chi connectivity index (χ4v) is 5.50. The highest BCUT2D eigenvalue weighted by atomic mass is 19.1. The van der Waals surface area contributed by atoms with E-state index in [-0.39, 0.29) is 29.7 Å². The second kappa shape index (κ2) is 10.4. The zero-order chi connectivity index (χ0) is 26.9. The second-order valence-corrected chi connectivity index (χ2v) is 9.93. The monoisotopic (exact) mass is 517 g/mol. The van der Waals surface area contributed by atoms with Crippen molar-refractivity contribution >= 4 is 11.9 Å². The van der Waals surface area contributed by atoms with Gasteiger partial charge in [0.25, 0.3) is 5.91 Å². The molecular formula is C28H32FN7O2. The smallest absolute Gasteiger partial charge is 0.254 e. The Morgan fingerprint density at radius 2 is 2.11 bits per heavy atom. The van der Waals surface area contributed by atoms with Gasteiger partial charge in [0.2, 0.25) is 5.95 Å². The van der Waals surface area contributed by atoms with Gasteiger partial charge in [0.05, 0.1) is 43.7 Å². The summed E-state index contributed by atoms with van der Waals surface area (Å²) in [5.41, 5.74) is 4.26. The highest BCUT2D eigenvalue weighted by Crippen LogP contribution is 2.55. The first-order chi connectivity index (χ1) is 18.4. The Bertz CT molecular complexity index is 1390. The van der Waals surface area contributed by atoms with Gasteiger partial charge in [-0.3, -0.25) is 9.78 Å². The zero-order valence-corrected chi connectivity index (χ0v) is 21.9. The van der Waals surface area contributed by atoms with E-state index in [9.17, 15) is 9.18 Å². The summed E-state index contributed by atoms with van der Waals surface area (Å²) in [7, 11) is 1.82. The molecule has 0 unspecified atom stereocenters. The van der Waals surface area contributed by atoms with Crippen LogP contribution < -0.4 is 15.4 Å². The molecular weight excluding hydrogens is 485 g/mol. The molecule has 1 fully saturated rings. The van der Waals surface area contributed by atoms with Gasteiger partial charge in [-0.05, 0) is 49.4 Å². The average Bonchev–Trinajstić information content (AvgIpc) is 3.54. The number of benzene rings is 1. The molecule has 5 rings (SSSR count). The standard InChI is InChI=1S/C28H32FN7O2/c1-4-38-24-13-23(34-15-22(24)29)18(2)36-17-28(5-6-28)25-20(14-32-8-7-30)11-19(12-21(25)26(36)37)16-35-10-9-33-27(35)31-3/h9-13,15,18,32H,4-6,8,14,16-17H2,1-3H3,(H,31,33)/t18-/m0/s1. The quantitative estimate of drug-likeness (QED) is 0.311. The van der Waals surface area contributed by atoms with Crippen molar-refractivity contribution in [2.75, 3.05) is 32.1 Å². The van der Waals surface area contributed by atoms with Gasteiger partial charge < -0.3 is 24.8 Å². The van der Waals surface area contributed by atoms with Gasteiger partial charge in [-0.15, -0.1) is 0 Å². The Hall–Kier alpha value is -3.97. The number of carbonyl (C=O) groups excluding carboxylic acids is 1. The number of fused-ring (bicyclic) bond motifs is 2. The van der Waals surface area contributed by atoms with Crippen LogP contribution in [0.5, 0.6) is 5.75 Å². The fourth-order valence-electron chi connectivity index (χ4n) is 5.50. The maximum Gasteiger partial charge on any atom is 0.254 e. The Morgan fingerprint density at radius 1 is 1.29 bits per heavy atom. The van der Waals surface area contributed by atoms with Gasteiger partial charge in [0.15, 0.2) is 11.6 Å². The summed E-state index contributed by atoms with van der Waals surface area (Å²) in [6, 6.07) is 7.51. The lowest BCUT2D eigenvalue weighted by Gasteiger charge is -2.39. The van der Waals surface area contributed by atoms with Crippen molar-refractivity contribution in [1.29, 1.82) is 5.26 Å². The van der Waals surface area contributed by atoms with E-state index < -0.39 is 5.82 Å². The molecule has 1 aliphatic heterocycles. The summed E-state index contributed by atoms with van der Waals surface area (Å²) in [6.07, 6.45) is 6.75. The summed E-state index contributed by atoms with van der Waals surface area (Å²) in [6.45, 7) is 5.92. The van der Waals surface area contributed by atoms with Crippen molar-refractivity contribution in [3.63, 3.8) is 0 Å². The molecule has 2 aromatic heterocycles. The van der Waals surface area contributed by atoms with Crippen LogP contribution in [0.2, 0.25) is 0 Å². The van der Waals surface area contributed by atoms with Crippen LogP contribution >= 0.6 is 0 Å². The SMILES string of the molecule is CCOc1cc([C@H](C)N2CC3(CC3)c3c(CNCC#N)cc(Cn4ccnc4NC)cc3C2=O)ncc1F. The third kappa shape index (κ3) is 4.70. The summed E-state index contributed by atoms with van der Waals surface area (Å²) in [5, 5.41) is 15.4. The number of nitrogens with zero attached hydrogens (tertiary/aromatic N) is 5. The Morgan fingerprint density at radius 3 is 2.82 bits per heavy atom. The lowest BCUT2D eigenvalue weighted by atomic mass is 9.81. The molecule has 0 saturated heterocycles. The summed E-state index contributed by atoms with van der Waals surface area (Å²) < 4.78 is 21.6. The van der Waals surface area contributed by atoms with Crippen molar-refractivity contribution in [1.82, 2.24) is 24.8 Å². The third-order valence-corrected chi connectivity index (χ3v) is 7.48. The molecule has 0 radical (unpaired) electrons. The largest absolute Gasteiger partial charge is 0.491 e. The molecule has 0 bridgehead atoms. The summed E-state index contributed by atoms with van der Waals surface area (Å²) in [5.74, 6) is 0.289. The van der Waals surface area contributed by atoms with Gasteiger partial charge in [0.1, 0.15) is 0 Å². The van der Waals surface area contributed by atoms with Gasteiger partial charge >= 0.3 is 0 Å². The molecule has 9 nitrogen and oxygen atoms in total. The van der Waals surface area contributed by atoms with Gasteiger partial charge in [-0.25, -0.2) is 9.37 Å². The first-order valence-corrected chi connectivity index (χ1v) is 12.9. The highest BCUT2D eigenvalue weighted by Gasteiger charge is 2.53. The molecule has 38 heavy (non-hydrogen) atoms. The van der Waals surface area contributed by atoms with Crippen LogP contribution in [0.1, 0.15) is 65.5 Å². The minimum absolute atomic E-state index is 0.0723. The van der Waals surface area contributed by atoms with Crippen LogP contribution in [0, 0.1) is 17.1 Å². The normalized spacial score (nSPS) is 16.2. The number of halogens is 1. The fraction of sp³-hybridized carbons (Fsp3) is 0.429. The molecule has 3 heterocycles. The highest BCUT2D eigenvalue weighted by molar-refractivity contribution is 5.98. The Balaban J connectivity index is 1.54. The second-order valence-electron chi connectivity index (χ2n) is 9.93. The zero-order valence-electron chi connectivity index (χ0n) is 21.9. The first kappa shape index (κ1) is 25.7. The number of anilines is 1. The van der Waals surface area contributed by atoms with Gasteiger partial charge in [0, 0.05) is 49.6 Å². The number of imidazole rings is 1. The van der Waals surface area contributed by atoms with Gasteiger partial charge in [-0.2, -0.15) is 5.26 Å². The lowest BCUT2D eigenvalue weighted by molar-refractivity contribution is 0.0633. The van der Waals surface area contributed by atoms with Crippen LogP contribution in [-0.2, 0) is 18.5 Å². The van der Waals surface area contributed by atoms with Crippen molar-refractivity contribution in [2.45, 2.75) is 51.2 Å². The van der Waals surface area contributed by atoms with E-state index in [0.717, 1.165) is 41.7 Å². The number of nitrogens with one attached hydrogen (secondary N) is 2. The number of hydrogen-bond acceptors (Lipinski definition) is 7. The van der Waals surface area contributed by atoms with E-state index in [1.54, 1.807) is 19.2 Å². The van der Waals surface area contributed by atoms with Crippen molar-refractivity contribution in [3.05, 3.63) is 70.6 Å². The number of hydrogen-bond donors (Lipinski definition) is 2. The van der Waals surface area contributed by atoms with Crippen LogP contribution in [0.15, 0.2) is 36.8 Å². The number of amides is 1. The van der Waals surface area contributed by atoms with Crippen molar-refractivity contribution in [2.24, 2.45) is 0 Å². The molecule has 3 aromatic rings. The number of ether oxygens (including phenoxy) is 1. The minimum atomic E-state index is -0.517. The molecule has 1 saturated carbocycles. The maximum atomic E-state index is 14.2. The average molecular weight is 518 g/mol. The van der Waals surface area contributed by atoms with Crippen molar-refractivity contribution < 1.29 is 13.9 Å². The number of pyridine rings is 1. The van der Waals surface area contributed by atoms with E-state index in [2.05, 4.69) is 32.7 Å². The van der Waals surface area contributed by atoms with E-state index >= 15 is 0 Å². The first-order valence-electron chi connectivity index (χ1n) is 12.9. The van der Waals surface area contributed by atoms with Crippen LogP contribution in [-0.4, -0.2) is 52.1 Å². The van der Waals surface area contributed by atoms with E-state index in [0.29, 0.717) is 37.5 Å². The number of nitriles is 1.